The molecule has 1 aliphatic carbocycles. The van der Waals surface area contributed by atoms with E-state index in [0.29, 0.717) is 12.1 Å². The second-order valence-electron chi connectivity index (χ2n) is 7.18. The van der Waals surface area contributed by atoms with Crippen molar-refractivity contribution in [3.63, 3.8) is 0 Å². The van der Waals surface area contributed by atoms with Crippen molar-refractivity contribution in [3.8, 4) is 0 Å². The lowest BCUT2D eigenvalue weighted by molar-refractivity contribution is -0.134. The molecule has 2 aliphatic rings. The van der Waals surface area contributed by atoms with Gasteiger partial charge in [-0.2, -0.15) is 0 Å². The fourth-order valence-corrected chi connectivity index (χ4v) is 3.95. The molecule has 0 unspecified atom stereocenters. The standard InChI is InChI=1S/C21H21N3O3/c1-13-6-5-9-17(14(13)2)22-18(25)12-24-19(26)21(23-20(24)27)11-10-15-7-3-4-8-16(15)21/h3-9H,10-12H2,1-2H3,(H,22,25)(H,23,27)/t21-/m1/s1. The quantitative estimate of drug-likeness (QED) is 0.823. The predicted octanol–water partition coefficient (Wildman–Crippen LogP) is 2.64. The van der Waals surface area contributed by atoms with Gasteiger partial charge in [-0.05, 0) is 55.0 Å². The normalized spacial score (nSPS) is 20.7. The zero-order chi connectivity index (χ0) is 19.2. The fraction of sp³-hybridized carbons (Fsp3) is 0.286. The van der Waals surface area contributed by atoms with Gasteiger partial charge in [-0.15, -0.1) is 0 Å². The van der Waals surface area contributed by atoms with Crippen molar-refractivity contribution in [2.75, 3.05) is 11.9 Å². The molecule has 2 aromatic carbocycles. The van der Waals surface area contributed by atoms with Crippen LogP contribution in [0.2, 0.25) is 0 Å². The van der Waals surface area contributed by atoms with Gasteiger partial charge >= 0.3 is 6.03 Å². The highest BCUT2D eigenvalue weighted by molar-refractivity contribution is 6.11. The molecule has 1 fully saturated rings. The summed E-state index contributed by atoms with van der Waals surface area (Å²) in [5.74, 6) is -0.746. The maximum Gasteiger partial charge on any atom is 0.325 e. The Bertz CT molecular complexity index is 969. The molecule has 2 N–H and O–H groups in total. The number of carbonyl (C=O) groups is 3. The average molecular weight is 363 g/mol. The molecule has 1 aliphatic heterocycles. The van der Waals surface area contributed by atoms with Crippen molar-refractivity contribution in [1.82, 2.24) is 10.2 Å². The van der Waals surface area contributed by atoms with Gasteiger partial charge in [0.2, 0.25) is 5.91 Å². The Morgan fingerprint density at radius 1 is 1.15 bits per heavy atom. The largest absolute Gasteiger partial charge is 0.325 e. The molecular weight excluding hydrogens is 342 g/mol. The van der Waals surface area contributed by atoms with Crippen molar-refractivity contribution in [2.45, 2.75) is 32.2 Å². The lowest BCUT2D eigenvalue weighted by Crippen LogP contribution is -2.43. The van der Waals surface area contributed by atoms with Crippen LogP contribution in [0.15, 0.2) is 42.5 Å². The van der Waals surface area contributed by atoms with Crippen molar-refractivity contribution in [2.24, 2.45) is 0 Å². The van der Waals surface area contributed by atoms with Gasteiger partial charge in [-0.1, -0.05) is 36.4 Å². The van der Waals surface area contributed by atoms with E-state index < -0.39 is 17.5 Å². The SMILES string of the molecule is Cc1cccc(NC(=O)CN2C(=O)N[C@@]3(CCc4ccccc43)C2=O)c1C. The molecule has 1 heterocycles. The molecule has 4 amide bonds. The number of imide groups is 1. The second kappa shape index (κ2) is 6.23. The number of hydrogen-bond acceptors (Lipinski definition) is 3. The van der Waals surface area contributed by atoms with Crippen molar-refractivity contribution < 1.29 is 14.4 Å². The monoisotopic (exact) mass is 363 g/mol. The summed E-state index contributed by atoms with van der Waals surface area (Å²) < 4.78 is 0. The Morgan fingerprint density at radius 2 is 1.93 bits per heavy atom. The van der Waals surface area contributed by atoms with Gasteiger partial charge in [0.15, 0.2) is 0 Å². The Morgan fingerprint density at radius 3 is 2.74 bits per heavy atom. The van der Waals surface area contributed by atoms with Crippen molar-refractivity contribution in [3.05, 3.63) is 64.7 Å². The number of carbonyl (C=O) groups excluding carboxylic acids is 3. The maximum atomic E-state index is 13.1. The molecule has 0 bridgehead atoms. The molecule has 1 spiro atoms. The maximum absolute atomic E-state index is 13.1. The number of aryl methyl sites for hydroxylation is 2. The number of amides is 4. The summed E-state index contributed by atoms with van der Waals surface area (Å²) in [4.78, 5) is 39.1. The molecule has 4 rings (SSSR count). The van der Waals surface area contributed by atoms with E-state index in [1.807, 2.05) is 50.2 Å². The van der Waals surface area contributed by atoms with Gasteiger partial charge < -0.3 is 10.6 Å². The van der Waals surface area contributed by atoms with Gasteiger partial charge in [-0.25, -0.2) is 4.79 Å². The molecule has 1 saturated heterocycles. The lowest BCUT2D eigenvalue weighted by atomic mass is 9.92. The number of nitrogens with zero attached hydrogens (tertiary/aromatic N) is 1. The summed E-state index contributed by atoms with van der Waals surface area (Å²) in [6, 6.07) is 12.7. The van der Waals surface area contributed by atoms with Gasteiger partial charge in [-0.3, -0.25) is 14.5 Å². The van der Waals surface area contributed by atoms with Crippen LogP contribution >= 0.6 is 0 Å². The van der Waals surface area contributed by atoms with Gasteiger partial charge in [0.25, 0.3) is 5.91 Å². The van der Waals surface area contributed by atoms with Crippen molar-refractivity contribution in [1.29, 1.82) is 0 Å². The van der Waals surface area contributed by atoms with E-state index in [-0.39, 0.29) is 12.5 Å². The van der Waals surface area contributed by atoms with E-state index >= 15 is 0 Å². The molecule has 1 atom stereocenters. The van der Waals surface area contributed by atoms with Crippen LogP contribution in [0.3, 0.4) is 0 Å². The third kappa shape index (κ3) is 2.68. The molecule has 0 radical (unpaired) electrons. The Kier molecular flexibility index (Phi) is 3.98. The van der Waals surface area contributed by atoms with Gasteiger partial charge in [0, 0.05) is 5.69 Å². The molecule has 138 valence electrons. The number of urea groups is 1. The predicted molar refractivity (Wildman–Crippen MR) is 101 cm³/mol. The molecular formula is C21H21N3O3. The number of fused-ring (bicyclic) bond motifs is 2. The van der Waals surface area contributed by atoms with Crippen molar-refractivity contribution >= 4 is 23.5 Å². The minimum atomic E-state index is -1.03. The first kappa shape index (κ1) is 17.3. The zero-order valence-corrected chi connectivity index (χ0v) is 15.3. The Balaban J connectivity index is 1.54. The van der Waals surface area contributed by atoms with Crippen LogP contribution in [0.4, 0.5) is 10.5 Å². The topological polar surface area (TPSA) is 78.5 Å². The molecule has 0 saturated carbocycles. The summed E-state index contributed by atoms with van der Waals surface area (Å²) in [7, 11) is 0. The van der Waals surface area contributed by atoms with Gasteiger partial charge in [0.05, 0.1) is 0 Å². The summed E-state index contributed by atoms with van der Waals surface area (Å²) in [6.45, 7) is 3.58. The highest BCUT2D eigenvalue weighted by Gasteiger charge is 2.55. The third-order valence-corrected chi connectivity index (χ3v) is 5.60. The van der Waals surface area contributed by atoms with E-state index in [1.165, 1.54) is 0 Å². The summed E-state index contributed by atoms with van der Waals surface area (Å²) in [6.07, 6.45) is 1.25. The third-order valence-electron chi connectivity index (χ3n) is 5.60. The second-order valence-corrected chi connectivity index (χ2v) is 7.18. The van der Waals surface area contributed by atoms with Crippen LogP contribution in [0.5, 0.6) is 0 Å². The Labute approximate surface area is 157 Å². The summed E-state index contributed by atoms with van der Waals surface area (Å²) in [5.41, 5.74) is 3.57. The fourth-order valence-electron chi connectivity index (χ4n) is 3.95. The minimum Gasteiger partial charge on any atom is -0.324 e. The van der Waals surface area contributed by atoms with E-state index in [9.17, 15) is 14.4 Å². The van der Waals surface area contributed by atoms with E-state index in [2.05, 4.69) is 10.6 Å². The smallest absolute Gasteiger partial charge is 0.324 e. The first-order valence-electron chi connectivity index (χ1n) is 9.01. The number of anilines is 1. The van der Waals surface area contributed by atoms with E-state index in [0.717, 1.165) is 33.6 Å². The number of nitrogens with one attached hydrogen (secondary N) is 2. The van der Waals surface area contributed by atoms with Crippen LogP contribution in [0, 0.1) is 13.8 Å². The Hall–Kier alpha value is -3.15. The number of benzene rings is 2. The molecule has 6 nitrogen and oxygen atoms in total. The minimum absolute atomic E-state index is 0.304. The van der Waals surface area contributed by atoms with E-state index in [4.69, 9.17) is 0 Å². The molecule has 0 aromatic heterocycles. The number of rotatable bonds is 3. The first-order valence-corrected chi connectivity index (χ1v) is 9.01. The summed E-state index contributed by atoms with van der Waals surface area (Å²) >= 11 is 0. The lowest BCUT2D eigenvalue weighted by Gasteiger charge is -2.22. The van der Waals surface area contributed by atoms with Crippen LogP contribution in [0.1, 0.15) is 28.7 Å². The molecule has 6 heteroatoms. The summed E-state index contributed by atoms with van der Waals surface area (Å²) in [5, 5.41) is 5.64. The number of hydrogen-bond donors (Lipinski definition) is 2. The highest BCUT2D eigenvalue weighted by atomic mass is 16.2. The van der Waals surface area contributed by atoms with E-state index in [1.54, 1.807) is 6.07 Å². The van der Waals surface area contributed by atoms with Crippen LogP contribution in [0.25, 0.3) is 0 Å². The highest BCUT2D eigenvalue weighted by Crippen LogP contribution is 2.41. The first-order chi connectivity index (χ1) is 12.9. The zero-order valence-electron chi connectivity index (χ0n) is 15.3. The van der Waals surface area contributed by atoms with Gasteiger partial charge in [0.1, 0.15) is 12.1 Å². The molecule has 2 aromatic rings. The van der Waals surface area contributed by atoms with Crippen LogP contribution < -0.4 is 10.6 Å². The van der Waals surface area contributed by atoms with Crippen LogP contribution in [-0.4, -0.2) is 29.3 Å². The average Bonchev–Trinajstić information content (AvgIpc) is 3.13. The molecule has 27 heavy (non-hydrogen) atoms. The van der Waals surface area contributed by atoms with Crippen LogP contribution in [-0.2, 0) is 21.5 Å².